The average molecular weight is 250 g/mol. The molecule has 0 bridgehead atoms. The zero-order valence-corrected chi connectivity index (χ0v) is 10.4. The number of halogens is 1. The Kier molecular flexibility index (Phi) is 3.08. The Hall–Kier alpha value is -1.00. The van der Waals surface area contributed by atoms with Crippen molar-refractivity contribution in [2.45, 2.75) is 43.7 Å². The van der Waals surface area contributed by atoms with E-state index in [1.54, 1.807) is 6.20 Å². The van der Waals surface area contributed by atoms with Gasteiger partial charge in [0.1, 0.15) is 5.82 Å². The molecule has 2 aliphatic rings. The van der Waals surface area contributed by atoms with Crippen molar-refractivity contribution in [1.29, 1.82) is 0 Å². The molecule has 0 radical (unpaired) electrons. The Morgan fingerprint density at radius 1 is 1.44 bits per heavy atom. The van der Waals surface area contributed by atoms with Crippen molar-refractivity contribution in [3.63, 3.8) is 0 Å². The number of hydrogen-bond donors (Lipinski definition) is 1. The number of pyridine rings is 1. The summed E-state index contributed by atoms with van der Waals surface area (Å²) in [5, 5.41) is 0. The predicted molar refractivity (Wildman–Crippen MR) is 66.4 cm³/mol. The maximum absolute atomic E-state index is 13.2. The van der Waals surface area contributed by atoms with Crippen LogP contribution in [-0.2, 0) is 4.74 Å². The summed E-state index contributed by atoms with van der Waals surface area (Å²) >= 11 is 0. The molecule has 0 aromatic carbocycles. The first-order valence-electron chi connectivity index (χ1n) is 6.69. The summed E-state index contributed by atoms with van der Waals surface area (Å²) in [5.74, 6) is 0.0658. The predicted octanol–water partition coefficient (Wildman–Crippen LogP) is 2.57. The Bertz CT molecular complexity index is 434. The van der Waals surface area contributed by atoms with Crippen molar-refractivity contribution < 1.29 is 9.13 Å². The highest BCUT2D eigenvalue weighted by Gasteiger charge is 2.43. The van der Waals surface area contributed by atoms with E-state index >= 15 is 0 Å². The van der Waals surface area contributed by atoms with Gasteiger partial charge in [0.25, 0.3) is 0 Å². The highest BCUT2D eigenvalue weighted by Crippen LogP contribution is 2.46. The van der Waals surface area contributed by atoms with Gasteiger partial charge in [-0.15, -0.1) is 0 Å². The highest BCUT2D eigenvalue weighted by atomic mass is 19.1. The molecule has 2 heterocycles. The van der Waals surface area contributed by atoms with Crippen LogP contribution in [0.15, 0.2) is 18.5 Å². The van der Waals surface area contributed by atoms with E-state index in [1.165, 1.54) is 18.7 Å². The topological polar surface area (TPSA) is 48.1 Å². The molecule has 18 heavy (non-hydrogen) atoms. The van der Waals surface area contributed by atoms with Crippen LogP contribution in [-0.4, -0.2) is 17.2 Å². The normalized spacial score (nSPS) is 27.8. The second kappa shape index (κ2) is 4.59. The van der Waals surface area contributed by atoms with E-state index in [0.29, 0.717) is 5.92 Å². The molecule has 3 nitrogen and oxygen atoms in total. The van der Waals surface area contributed by atoms with Gasteiger partial charge in [-0.25, -0.2) is 4.39 Å². The monoisotopic (exact) mass is 250 g/mol. The molecule has 4 heteroatoms. The third kappa shape index (κ3) is 2.15. The van der Waals surface area contributed by atoms with Crippen molar-refractivity contribution in [2.24, 2.45) is 11.7 Å². The molecular weight excluding hydrogens is 231 g/mol. The van der Waals surface area contributed by atoms with Crippen LogP contribution in [0.1, 0.15) is 43.7 Å². The lowest BCUT2D eigenvalue weighted by Gasteiger charge is -2.48. The minimum absolute atomic E-state index is 0.0846. The fourth-order valence-electron chi connectivity index (χ4n) is 3.17. The summed E-state index contributed by atoms with van der Waals surface area (Å²) in [4.78, 5) is 3.88. The quantitative estimate of drug-likeness (QED) is 0.877. The smallest absolute Gasteiger partial charge is 0.141 e. The SMILES string of the molecule is NC(c1cncc(F)c1)C1CCOC2(CCC2)C1. The molecule has 2 atom stereocenters. The van der Waals surface area contributed by atoms with Crippen LogP contribution in [0.25, 0.3) is 0 Å². The van der Waals surface area contributed by atoms with Crippen LogP contribution >= 0.6 is 0 Å². The van der Waals surface area contributed by atoms with Gasteiger partial charge in [0, 0.05) is 18.8 Å². The molecule has 1 aromatic rings. The van der Waals surface area contributed by atoms with Gasteiger partial charge < -0.3 is 10.5 Å². The maximum atomic E-state index is 13.2. The molecule has 1 spiro atoms. The lowest BCUT2D eigenvalue weighted by atomic mass is 9.70. The van der Waals surface area contributed by atoms with E-state index in [0.717, 1.165) is 37.9 Å². The molecule has 0 amide bonds. The van der Waals surface area contributed by atoms with E-state index < -0.39 is 0 Å². The van der Waals surface area contributed by atoms with E-state index in [1.807, 2.05) is 0 Å². The molecular formula is C14H19FN2O. The number of aromatic nitrogens is 1. The number of ether oxygens (including phenoxy) is 1. The maximum Gasteiger partial charge on any atom is 0.141 e. The van der Waals surface area contributed by atoms with Gasteiger partial charge in [-0.1, -0.05) is 0 Å². The van der Waals surface area contributed by atoms with Gasteiger partial charge >= 0.3 is 0 Å². The van der Waals surface area contributed by atoms with Crippen LogP contribution in [0.3, 0.4) is 0 Å². The van der Waals surface area contributed by atoms with E-state index in [2.05, 4.69) is 4.98 Å². The Morgan fingerprint density at radius 3 is 2.94 bits per heavy atom. The Morgan fingerprint density at radius 2 is 2.28 bits per heavy atom. The second-order valence-electron chi connectivity index (χ2n) is 5.60. The lowest BCUT2D eigenvalue weighted by molar-refractivity contribution is -0.146. The number of rotatable bonds is 2. The summed E-state index contributed by atoms with van der Waals surface area (Å²) in [5.41, 5.74) is 7.16. The first-order chi connectivity index (χ1) is 8.69. The van der Waals surface area contributed by atoms with Gasteiger partial charge in [-0.05, 0) is 49.7 Å². The third-order valence-corrected chi connectivity index (χ3v) is 4.41. The fraction of sp³-hybridized carbons (Fsp3) is 0.643. The van der Waals surface area contributed by atoms with Crippen molar-refractivity contribution >= 4 is 0 Å². The number of nitrogens with zero attached hydrogens (tertiary/aromatic N) is 1. The molecule has 1 aliphatic carbocycles. The molecule has 2 fully saturated rings. The first kappa shape index (κ1) is 12.1. The molecule has 3 rings (SSSR count). The second-order valence-corrected chi connectivity index (χ2v) is 5.60. The summed E-state index contributed by atoms with van der Waals surface area (Å²) < 4.78 is 19.1. The van der Waals surface area contributed by atoms with Crippen molar-refractivity contribution in [1.82, 2.24) is 4.98 Å². The van der Waals surface area contributed by atoms with Crippen LogP contribution < -0.4 is 5.73 Å². The summed E-state index contributed by atoms with van der Waals surface area (Å²) in [7, 11) is 0. The van der Waals surface area contributed by atoms with Gasteiger partial charge in [0.2, 0.25) is 0 Å². The van der Waals surface area contributed by atoms with E-state index in [4.69, 9.17) is 10.5 Å². The van der Waals surface area contributed by atoms with Crippen molar-refractivity contribution in [3.05, 3.63) is 29.8 Å². The number of hydrogen-bond acceptors (Lipinski definition) is 3. The van der Waals surface area contributed by atoms with Gasteiger partial charge in [-0.2, -0.15) is 0 Å². The summed E-state index contributed by atoms with van der Waals surface area (Å²) in [6.07, 6.45) is 8.41. The minimum atomic E-state index is -0.312. The fourth-order valence-corrected chi connectivity index (χ4v) is 3.17. The highest BCUT2D eigenvalue weighted by molar-refractivity contribution is 5.16. The van der Waals surface area contributed by atoms with Crippen molar-refractivity contribution in [3.8, 4) is 0 Å². The van der Waals surface area contributed by atoms with Gasteiger partial charge in [0.05, 0.1) is 11.8 Å². The van der Waals surface area contributed by atoms with Crippen LogP contribution in [0, 0.1) is 11.7 Å². The molecule has 2 unspecified atom stereocenters. The molecule has 1 aliphatic heterocycles. The van der Waals surface area contributed by atoms with Crippen LogP contribution in [0.4, 0.5) is 4.39 Å². The van der Waals surface area contributed by atoms with Crippen LogP contribution in [0.5, 0.6) is 0 Å². The van der Waals surface area contributed by atoms with E-state index in [-0.39, 0.29) is 17.5 Å². The van der Waals surface area contributed by atoms with Crippen molar-refractivity contribution in [2.75, 3.05) is 6.61 Å². The Balaban J connectivity index is 1.73. The molecule has 98 valence electrons. The average Bonchev–Trinajstić information content (AvgIpc) is 2.36. The largest absolute Gasteiger partial charge is 0.375 e. The standard InChI is InChI=1S/C14H19FN2O/c15-12-6-11(8-17-9-12)13(16)10-2-5-18-14(7-10)3-1-4-14/h6,8-10,13H,1-5,7,16H2. The Labute approximate surface area is 107 Å². The zero-order valence-electron chi connectivity index (χ0n) is 10.4. The first-order valence-corrected chi connectivity index (χ1v) is 6.69. The van der Waals surface area contributed by atoms with Gasteiger partial charge in [0.15, 0.2) is 0 Å². The summed E-state index contributed by atoms with van der Waals surface area (Å²) in [6, 6.07) is 1.37. The van der Waals surface area contributed by atoms with Gasteiger partial charge in [-0.3, -0.25) is 4.98 Å². The van der Waals surface area contributed by atoms with E-state index in [9.17, 15) is 4.39 Å². The molecule has 1 saturated heterocycles. The third-order valence-electron chi connectivity index (χ3n) is 4.41. The summed E-state index contributed by atoms with van der Waals surface area (Å²) in [6.45, 7) is 0.779. The zero-order chi connectivity index (χ0) is 12.6. The van der Waals surface area contributed by atoms with Crippen LogP contribution in [0.2, 0.25) is 0 Å². The minimum Gasteiger partial charge on any atom is -0.375 e. The lowest BCUT2D eigenvalue weighted by Crippen LogP contribution is -2.47. The number of nitrogens with two attached hydrogens (primary N) is 1. The molecule has 2 N–H and O–H groups in total. The molecule has 1 saturated carbocycles. The molecule has 1 aromatic heterocycles.